The van der Waals surface area contributed by atoms with E-state index in [0.29, 0.717) is 19.4 Å². The minimum Gasteiger partial charge on any atom is -0.466 e. The minimum absolute atomic E-state index is 0.0262. The summed E-state index contributed by atoms with van der Waals surface area (Å²) in [5.74, 6) is -0.115. The van der Waals surface area contributed by atoms with Gasteiger partial charge in [0.2, 0.25) is 5.91 Å². The molecule has 0 aliphatic heterocycles. The van der Waals surface area contributed by atoms with Crippen molar-refractivity contribution in [2.24, 2.45) is 0 Å². The van der Waals surface area contributed by atoms with E-state index in [4.69, 9.17) is 4.74 Å². The van der Waals surface area contributed by atoms with Crippen LogP contribution in [0.5, 0.6) is 0 Å². The van der Waals surface area contributed by atoms with Crippen molar-refractivity contribution in [2.45, 2.75) is 328 Å². The maximum Gasteiger partial charge on any atom is 0.305 e. The Balaban J connectivity index is 3.54. The molecule has 0 aromatic rings. The second kappa shape index (κ2) is 58.4. The van der Waals surface area contributed by atoms with Crippen molar-refractivity contribution in [1.29, 1.82) is 0 Å². The Kier molecular flexibility index (Phi) is 56.5. The Morgan fingerprint density at radius 2 is 0.725 bits per heavy atom. The van der Waals surface area contributed by atoms with Gasteiger partial charge in [0.1, 0.15) is 0 Å². The van der Waals surface area contributed by atoms with Crippen LogP contribution < -0.4 is 5.32 Å². The Bertz CT molecular complexity index is 1160. The van der Waals surface area contributed by atoms with E-state index in [9.17, 15) is 19.8 Å². The first-order valence-corrected chi connectivity index (χ1v) is 30.4. The normalized spacial score (nSPS) is 12.9. The highest BCUT2D eigenvalue weighted by molar-refractivity contribution is 5.76. The van der Waals surface area contributed by atoms with E-state index < -0.39 is 12.1 Å². The average molecular weight is 969 g/mol. The molecule has 0 heterocycles. The van der Waals surface area contributed by atoms with Gasteiger partial charge in [-0.05, 0) is 89.9 Å². The number of amides is 1. The van der Waals surface area contributed by atoms with E-state index in [0.717, 1.165) is 77.0 Å². The van der Waals surface area contributed by atoms with Gasteiger partial charge in [-0.25, -0.2) is 0 Å². The van der Waals surface area contributed by atoms with Crippen LogP contribution in [-0.2, 0) is 14.3 Å². The van der Waals surface area contributed by atoms with Gasteiger partial charge in [-0.3, -0.25) is 9.59 Å². The van der Waals surface area contributed by atoms with Crippen molar-refractivity contribution in [3.8, 4) is 0 Å². The quantitative estimate of drug-likeness (QED) is 0.0244. The maximum absolute atomic E-state index is 12.5. The van der Waals surface area contributed by atoms with Gasteiger partial charge >= 0.3 is 5.97 Å². The molecular weight excluding hydrogens is 851 g/mol. The summed E-state index contributed by atoms with van der Waals surface area (Å²) in [4.78, 5) is 24.5. The number of esters is 1. The lowest BCUT2D eigenvalue weighted by molar-refractivity contribution is -0.143. The van der Waals surface area contributed by atoms with Crippen molar-refractivity contribution in [1.82, 2.24) is 5.32 Å². The predicted molar refractivity (Wildman–Crippen MR) is 301 cm³/mol. The topological polar surface area (TPSA) is 95.9 Å². The molecule has 69 heavy (non-hydrogen) atoms. The van der Waals surface area contributed by atoms with Gasteiger partial charge in [-0.15, -0.1) is 0 Å². The first-order chi connectivity index (χ1) is 34.0. The van der Waals surface area contributed by atoms with Gasteiger partial charge in [-0.1, -0.05) is 262 Å². The lowest BCUT2D eigenvalue weighted by atomic mass is 10.0. The molecule has 2 unspecified atom stereocenters. The lowest BCUT2D eigenvalue weighted by Crippen LogP contribution is -2.45. The summed E-state index contributed by atoms with van der Waals surface area (Å²) in [5.41, 5.74) is 0. The summed E-state index contributed by atoms with van der Waals surface area (Å²) < 4.78 is 5.46. The molecule has 0 saturated heterocycles. The van der Waals surface area contributed by atoms with Crippen LogP contribution in [0.4, 0.5) is 0 Å². The van der Waals surface area contributed by atoms with Crippen LogP contribution in [0, 0.1) is 0 Å². The number of rotatable bonds is 56. The molecule has 1 amide bonds. The molecule has 0 fully saturated rings. The van der Waals surface area contributed by atoms with E-state index in [1.165, 1.54) is 212 Å². The number of hydrogen-bond donors (Lipinski definition) is 3. The summed E-state index contributed by atoms with van der Waals surface area (Å²) >= 11 is 0. The lowest BCUT2D eigenvalue weighted by Gasteiger charge is -2.20. The first-order valence-electron chi connectivity index (χ1n) is 30.4. The molecule has 0 bridgehead atoms. The zero-order chi connectivity index (χ0) is 50.0. The molecule has 2 atom stereocenters. The standard InChI is InChI=1S/C63H117NO5/c1-3-5-7-9-11-13-15-17-19-21-22-23-25-27-31-35-39-43-47-51-55-61(66)60(59-65)64-62(67)56-52-48-44-40-36-32-28-26-30-34-38-42-46-50-54-58-69-63(68)57-53-49-45-41-37-33-29-24-20-18-16-14-12-10-8-6-4-2/h18,20,26,30,34,38,51,55,60-61,65-66H,3-17,19,21-25,27-29,31-33,35-37,39-50,52-54,56-59H2,1-2H3,(H,64,67)/b20-18-,30-26-,38-34-,55-51+. The monoisotopic (exact) mass is 968 g/mol. The summed E-state index contributed by atoms with van der Waals surface area (Å²) in [6.45, 7) is 4.85. The molecule has 6 heteroatoms. The number of aliphatic hydroxyl groups is 2. The highest BCUT2D eigenvalue weighted by Gasteiger charge is 2.18. The van der Waals surface area contributed by atoms with E-state index in [1.807, 2.05) is 6.08 Å². The van der Waals surface area contributed by atoms with Gasteiger partial charge in [0.15, 0.2) is 0 Å². The zero-order valence-corrected chi connectivity index (χ0v) is 46.0. The summed E-state index contributed by atoms with van der Waals surface area (Å²) in [6, 6.07) is -0.646. The smallest absolute Gasteiger partial charge is 0.305 e. The Labute approximate surface area is 429 Å². The fraction of sp³-hybridized carbons (Fsp3) is 0.841. The fourth-order valence-electron chi connectivity index (χ4n) is 9.15. The number of nitrogens with one attached hydrogen (secondary N) is 1. The molecule has 0 saturated carbocycles. The van der Waals surface area contributed by atoms with E-state index >= 15 is 0 Å². The van der Waals surface area contributed by atoms with Crippen LogP contribution in [0.1, 0.15) is 316 Å². The zero-order valence-electron chi connectivity index (χ0n) is 46.0. The van der Waals surface area contributed by atoms with Crippen LogP contribution in [0.3, 0.4) is 0 Å². The van der Waals surface area contributed by atoms with Crippen LogP contribution in [0.15, 0.2) is 48.6 Å². The highest BCUT2D eigenvalue weighted by Crippen LogP contribution is 2.16. The molecule has 3 N–H and O–H groups in total. The third-order valence-electron chi connectivity index (χ3n) is 13.8. The Morgan fingerprint density at radius 3 is 1.12 bits per heavy atom. The molecule has 0 aromatic heterocycles. The number of unbranched alkanes of at least 4 members (excludes halogenated alkanes) is 40. The first kappa shape index (κ1) is 66.8. The molecule has 0 aliphatic carbocycles. The number of allylic oxidation sites excluding steroid dienone is 7. The van der Waals surface area contributed by atoms with Crippen LogP contribution in [0.25, 0.3) is 0 Å². The number of aliphatic hydroxyl groups excluding tert-OH is 2. The number of ether oxygens (including phenoxy) is 1. The Hall–Kier alpha value is -2.18. The van der Waals surface area contributed by atoms with Crippen molar-refractivity contribution < 1.29 is 24.5 Å². The molecule has 0 aliphatic rings. The van der Waals surface area contributed by atoms with Crippen LogP contribution >= 0.6 is 0 Å². The van der Waals surface area contributed by atoms with E-state index in [1.54, 1.807) is 6.08 Å². The molecular formula is C63H117NO5. The van der Waals surface area contributed by atoms with E-state index in [-0.39, 0.29) is 18.5 Å². The third-order valence-corrected chi connectivity index (χ3v) is 13.8. The molecule has 6 nitrogen and oxygen atoms in total. The minimum atomic E-state index is -0.861. The second-order valence-corrected chi connectivity index (χ2v) is 20.7. The average Bonchev–Trinajstić information content (AvgIpc) is 3.35. The molecule has 0 aromatic carbocycles. The van der Waals surface area contributed by atoms with Gasteiger partial charge in [0, 0.05) is 12.8 Å². The molecule has 0 spiro atoms. The van der Waals surface area contributed by atoms with Crippen molar-refractivity contribution in [3.63, 3.8) is 0 Å². The third kappa shape index (κ3) is 55.0. The number of carbonyl (C=O) groups excluding carboxylic acids is 2. The summed E-state index contributed by atoms with van der Waals surface area (Å²) in [7, 11) is 0. The predicted octanol–water partition coefficient (Wildman–Crippen LogP) is 19.0. The molecule has 0 rings (SSSR count). The SMILES string of the molecule is CCCCCCCC/C=C\CCCCCCCCCC(=O)OCCCCC/C=C\C=C/CCCCCCCCC(=O)NC(CO)C(O)/C=C/CCCCCCCCCCCCCCCCCCCC. The maximum atomic E-state index is 12.5. The largest absolute Gasteiger partial charge is 0.466 e. The van der Waals surface area contributed by atoms with Gasteiger partial charge in [0.05, 0.1) is 25.4 Å². The van der Waals surface area contributed by atoms with E-state index in [2.05, 4.69) is 55.6 Å². The second-order valence-electron chi connectivity index (χ2n) is 20.7. The van der Waals surface area contributed by atoms with Crippen molar-refractivity contribution in [2.75, 3.05) is 13.2 Å². The fourth-order valence-corrected chi connectivity index (χ4v) is 9.15. The molecule has 0 radical (unpaired) electrons. The van der Waals surface area contributed by atoms with Crippen molar-refractivity contribution in [3.05, 3.63) is 48.6 Å². The van der Waals surface area contributed by atoms with Gasteiger partial charge < -0.3 is 20.3 Å². The summed E-state index contributed by atoms with van der Waals surface area (Å²) in [5, 5.41) is 23.2. The van der Waals surface area contributed by atoms with Crippen LogP contribution in [-0.4, -0.2) is 47.4 Å². The number of carbonyl (C=O) groups is 2. The van der Waals surface area contributed by atoms with Gasteiger partial charge in [-0.2, -0.15) is 0 Å². The van der Waals surface area contributed by atoms with Crippen LogP contribution in [0.2, 0.25) is 0 Å². The highest BCUT2D eigenvalue weighted by atomic mass is 16.5. The van der Waals surface area contributed by atoms with Gasteiger partial charge in [0.25, 0.3) is 0 Å². The summed E-state index contributed by atoms with van der Waals surface area (Å²) in [6.07, 6.45) is 74.3. The molecule has 404 valence electrons. The Morgan fingerprint density at radius 1 is 0.406 bits per heavy atom. The number of hydrogen-bond acceptors (Lipinski definition) is 5. The van der Waals surface area contributed by atoms with Crippen molar-refractivity contribution >= 4 is 11.9 Å².